The van der Waals surface area contributed by atoms with Gasteiger partial charge >= 0.3 is 0 Å². The largest absolute Gasteiger partial charge is 0.288 e. The summed E-state index contributed by atoms with van der Waals surface area (Å²) in [6.45, 7) is 1.88. The molecule has 2 nitrogen and oxygen atoms in total. The lowest BCUT2D eigenvalue weighted by Gasteiger charge is -2.06. The lowest BCUT2D eigenvalue weighted by molar-refractivity contribution is 0.103. The van der Waals surface area contributed by atoms with Gasteiger partial charge in [0.25, 0.3) is 0 Å². The molecule has 0 N–H and O–H groups in total. The summed E-state index contributed by atoms with van der Waals surface area (Å²) in [5.41, 5.74) is 2.04. The molecule has 2 aromatic rings. The van der Waals surface area contributed by atoms with Gasteiger partial charge in [-0.2, -0.15) is 0 Å². The summed E-state index contributed by atoms with van der Waals surface area (Å²) in [7, 11) is 0. The van der Waals surface area contributed by atoms with Gasteiger partial charge in [0.1, 0.15) is 0 Å². The highest BCUT2D eigenvalue weighted by Gasteiger charge is 2.15. The first-order valence-corrected chi connectivity index (χ1v) is 6.17. The molecule has 1 aromatic heterocycles. The summed E-state index contributed by atoms with van der Waals surface area (Å²) in [5.74, 6) is -0.0787. The molecule has 0 saturated carbocycles. The smallest absolute Gasteiger partial charge is 0.196 e. The van der Waals surface area contributed by atoms with Crippen molar-refractivity contribution in [1.29, 1.82) is 0 Å². The molecule has 0 spiro atoms. The summed E-state index contributed by atoms with van der Waals surface area (Å²) < 4.78 is 0.732. The zero-order valence-corrected chi connectivity index (χ0v) is 11.4. The third-order valence-corrected chi connectivity index (χ3v) is 3.38. The van der Waals surface area contributed by atoms with E-state index in [2.05, 4.69) is 20.9 Å². The first-order chi connectivity index (χ1) is 8.09. The van der Waals surface area contributed by atoms with Crippen LogP contribution >= 0.6 is 27.5 Å². The van der Waals surface area contributed by atoms with Gasteiger partial charge in [0.05, 0.1) is 0 Å². The fourth-order valence-corrected chi connectivity index (χ4v) is 2.12. The molecule has 0 radical (unpaired) electrons. The molecular weight excluding hydrogens is 302 g/mol. The van der Waals surface area contributed by atoms with Gasteiger partial charge in [-0.15, -0.1) is 0 Å². The highest BCUT2D eigenvalue weighted by atomic mass is 79.9. The molecule has 0 aliphatic rings. The summed E-state index contributed by atoms with van der Waals surface area (Å²) in [5, 5.41) is 0.540. The molecule has 0 bridgehead atoms. The number of ketones is 1. The number of aromatic nitrogens is 1. The lowest BCUT2D eigenvalue weighted by atomic mass is 10.0. The van der Waals surface area contributed by atoms with Crippen molar-refractivity contribution in [3.63, 3.8) is 0 Å². The molecule has 2 rings (SSSR count). The van der Waals surface area contributed by atoms with Gasteiger partial charge in [-0.05, 0) is 36.8 Å². The van der Waals surface area contributed by atoms with Crippen LogP contribution < -0.4 is 0 Å². The minimum atomic E-state index is -0.0787. The fourth-order valence-electron chi connectivity index (χ4n) is 1.52. The van der Waals surface area contributed by atoms with Crippen LogP contribution in [0.4, 0.5) is 0 Å². The van der Waals surface area contributed by atoms with Crippen molar-refractivity contribution in [2.75, 3.05) is 0 Å². The standard InChI is InChI=1S/C13H9BrClNO/c1-8-4-5-16-7-11(8)13(17)10-6-9(15)2-3-12(10)14/h2-7H,1H3. The second-order valence-electron chi connectivity index (χ2n) is 3.64. The molecule has 0 aliphatic carbocycles. The highest BCUT2D eigenvalue weighted by molar-refractivity contribution is 9.10. The number of pyridine rings is 1. The number of halogens is 2. The maximum Gasteiger partial charge on any atom is 0.196 e. The lowest BCUT2D eigenvalue weighted by Crippen LogP contribution is -2.05. The molecule has 0 atom stereocenters. The maximum absolute atomic E-state index is 12.3. The van der Waals surface area contributed by atoms with E-state index in [-0.39, 0.29) is 5.78 Å². The Bertz CT molecular complexity index is 583. The number of carbonyl (C=O) groups is 1. The van der Waals surface area contributed by atoms with Gasteiger partial charge in [0.2, 0.25) is 0 Å². The van der Waals surface area contributed by atoms with Crippen molar-refractivity contribution < 1.29 is 4.79 Å². The van der Waals surface area contributed by atoms with Crippen LogP contribution in [0.5, 0.6) is 0 Å². The predicted octanol–water partition coefficient (Wildman–Crippen LogP) is 4.04. The van der Waals surface area contributed by atoms with E-state index in [0.717, 1.165) is 10.0 Å². The quantitative estimate of drug-likeness (QED) is 0.784. The van der Waals surface area contributed by atoms with Gasteiger partial charge in [-0.1, -0.05) is 27.5 Å². The van der Waals surface area contributed by atoms with E-state index in [0.29, 0.717) is 16.1 Å². The Balaban J connectivity index is 2.51. The van der Waals surface area contributed by atoms with E-state index in [1.165, 1.54) is 0 Å². The van der Waals surface area contributed by atoms with Crippen molar-refractivity contribution in [2.24, 2.45) is 0 Å². The normalized spacial score (nSPS) is 10.3. The average molecular weight is 311 g/mol. The second-order valence-corrected chi connectivity index (χ2v) is 4.93. The monoisotopic (exact) mass is 309 g/mol. The second kappa shape index (κ2) is 4.98. The number of nitrogens with zero attached hydrogens (tertiary/aromatic N) is 1. The average Bonchev–Trinajstić information content (AvgIpc) is 2.32. The molecule has 0 amide bonds. The summed E-state index contributed by atoms with van der Waals surface area (Å²) in [6, 6.07) is 6.96. The number of benzene rings is 1. The molecular formula is C13H9BrClNO. The van der Waals surface area contributed by atoms with E-state index in [1.54, 1.807) is 30.6 Å². The van der Waals surface area contributed by atoms with Crippen molar-refractivity contribution >= 4 is 33.3 Å². The fraction of sp³-hybridized carbons (Fsp3) is 0.0769. The Hall–Kier alpha value is -1.19. The maximum atomic E-state index is 12.3. The summed E-state index contributed by atoms with van der Waals surface area (Å²) >= 11 is 9.25. The topological polar surface area (TPSA) is 30.0 Å². The van der Waals surface area contributed by atoms with Gasteiger partial charge < -0.3 is 0 Å². The van der Waals surface area contributed by atoms with Crippen LogP contribution in [0, 0.1) is 6.92 Å². The van der Waals surface area contributed by atoms with Crippen LogP contribution in [0.1, 0.15) is 21.5 Å². The van der Waals surface area contributed by atoms with Gasteiger partial charge in [-0.25, -0.2) is 0 Å². The molecule has 17 heavy (non-hydrogen) atoms. The SMILES string of the molecule is Cc1ccncc1C(=O)c1cc(Cl)ccc1Br. The Kier molecular flexibility index (Phi) is 3.60. The van der Waals surface area contributed by atoms with E-state index < -0.39 is 0 Å². The molecule has 0 aliphatic heterocycles. The molecule has 1 heterocycles. The van der Waals surface area contributed by atoms with Crippen LogP contribution in [-0.2, 0) is 0 Å². The Morgan fingerprint density at radius 1 is 1.29 bits per heavy atom. The van der Waals surface area contributed by atoms with Crippen molar-refractivity contribution in [3.05, 3.63) is 62.8 Å². The number of rotatable bonds is 2. The summed E-state index contributed by atoms with van der Waals surface area (Å²) in [6.07, 6.45) is 3.24. The molecule has 0 unspecified atom stereocenters. The first kappa shape index (κ1) is 12.3. The van der Waals surface area contributed by atoms with E-state index in [4.69, 9.17) is 11.6 Å². The van der Waals surface area contributed by atoms with Crippen LogP contribution in [0.15, 0.2) is 41.1 Å². The van der Waals surface area contributed by atoms with E-state index in [1.807, 2.05) is 13.0 Å². The van der Waals surface area contributed by atoms with E-state index in [9.17, 15) is 4.79 Å². The molecule has 0 saturated heterocycles. The minimum absolute atomic E-state index is 0.0787. The number of aryl methyl sites for hydroxylation is 1. The van der Waals surface area contributed by atoms with Gasteiger partial charge in [-0.3, -0.25) is 9.78 Å². The zero-order chi connectivity index (χ0) is 12.4. The Morgan fingerprint density at radius 3 is 2.76 bits per heavy atom. The van der Waals surface area contributed by atoms with Gasteiger partial charge in [0.15, 0.2) is 5.78 Å². The van der Waals surface area contributed by atoms with E-state index >= 15 is 0 Å². The van der Waals surface area contributed by atoms with Crippen molar-refractivity contribution in [3.8, 4) is 0 Å². The Labute approximate surface area is 113 Å². The van der Waals surface area contributed by atoms with Crippen molar-refractivity contribution in [1.82, 2.24) is 4.98 Å². The Morgan fingerprint density at radius 2 is 2.06 bits per heavy atom. The van der Waals surface area contributed by atoms with Crippen LogP contribution in [0.25, 0.3) is 0 Å². The molecule has 86 valence electrons. The number of hydrogen-bond donors (Lipinski definition) is 0. The molecule has 0 fully saturated rings. The number of carbonyl (C=O) groups excluding carboxylic acids is 1. The van der Waals surface area contributed by atoms with Gasteiger partial charge in [0, 0.05) is 33.0 Å². The third kappa shape index (κ3) is 2.56. The van der Waals surface area contributed by atoms with Crippen molar-refractivity contribution in [2.45, 2.75) is 6.92 Å². The molecule has 1 aromatic carbocycles. The van der Waals surface area contributed by atoms with Crippen LogP contribution in [0.3, 0.4) is 0 Å². The minimum Gasteiger partial charge on any atom is -0.288 e. The van der Waals surface area contributed by atoms with Crippen LogP contribution in [0.2, 0.25) is 5.02 Å². The highest BCUT2D eigenvalue weighted by Crippen LogP contribution is 2.24. The van der Waals surface area contributed by atoms with Crippen LogP contribution in [-0.4, -0.2) is 10.8 Å². The first-order valence-electron chi connectivity index (χ1n) is 5.00. The summed E-state index contributed by atoms with van der Waals surface area (Å²) in [4.78, 5) is 16.3. The molecule has 4 heteroatoms. The third-order valence-electron chi connectivity index (χ3n) is 2.46. The zero-order valence-electron chi connectivity index (χ0n) is 9.08. The predicted molar refractivity (Wildman–Crippen MR) is 71.6 cm³/mol. The number of hydrogen-bond acceptors (Lipinski definition) is 2.